The number of fused-ring (bicyclic) bond motifs is 3. The molecule has 39 heavy (non-hydrogen) atoms. The molecule has 1 atom stereocenters. The molecule has 4 bridgehead atoms. The highest BCUT2D eigenvalue weighted by Crippen LogP contribution is 2.60. The van der Waals surface area contributed by atoms with Gasteiger partial charge in [-0.1, -0.05) is 42.0 Å². The van der Waals surface area contributed by atoms with Gasteiger partial charge in [-0.05, 0) is 107 Å². The van der Waals surface area contributed by atoms with Crippen molar-refractivity contribution in [1.82, 2.24) is 9.47 Å². The van der Waals surface area contributed by atoms with Crippen molar-refractivity contribution in [1.29, 1.82) is 0 Å². The van der Waals surface area contributed by atoms with E-state index in [1.165, 1.54) is 24.8 Å². The van der Waals surface area contributed by atoms with E-state index in [9.17, 15) is 9.59 Å². The first-order valence-corrected chi connectivity index (χ1v) is 14.8. The van der Waals surface area contributed by atoms with Crippen LogP contribution in [0, 0.1) is 30.1 Å². The van der Waals surface area contributed by atoms with Crippen molar-refractivity contribution in [2.45, 2.75) is 71.4 Å². The summed E-state index contributed by atoms with van der Waals surface area (Å²) in [5.74, 6) is 2.28. The molecule has 202 valence electrons. The van der Waals surface area contributed by atoms with Gasteiger partial charge in [0.1, 0.15) is 12.6 Å². The summed E-state index contributed by atoms with van der Waals surface area (Å²) in [5.41, 5.74) is 4.96. The van der Waals surface area contributed by atoms with Crippen molar-refractivity contribution in [2.75, 3.05) is 11.4 Å². The molecule has 4 saturated carbocycles. The number of amides is 2. The van der Waals surface area contributed by atoms with Crippen LogP contribution in [0.5, 0.6) is 0 Å². The van der Waals surface area contributed by atoms with Gasteiger partial charge in [0.15, 0.2) is 0 Å². The summed E-state index contributed by atoms with van der Waals surface area (Å²) in [5, 5.41) is 0. The molecule has 1 aliphatic heterocycles. The van der Waals surface area contributed by atoms with Crippen LogP contribution >= 0.6 is 0 Å². The molecule has 2 aromatic carbocycles. The number of carbonyl (C=O) groups excluding carboxylic acids is 2. The Bertz CT molecular complexity index is 1380. The Morgan fingerprint density at radius 3 is 2.10 bits per heavy atom. The topological polar surface area (TPSA) is 45.6 Å². The second kappa shape index (κ2) is 9.11. The van der Waals surface area contributed by atoms with Crippen LogP contribution in [-0.2, 0) is 9.59 Å². The van der Waals surface area contributed by atoms with Crippen LogP contribution in [0.2, 0.25) is 0 Å². The van der Waals surface area contributed by atoms with E-state index in [2.05, 4.69) is 74.0 Å². The number of hydrogen-bond donors (Lipinski definition) is 0. The van der Waals surface area contributed by atoms with Crippen LogP contribution in [0.3, 0.4) is 0 Å². The van der Waals surface area contributed by atoms with Crippen molar-refractivity contribution in [3.63, 3.8) is 0 Å². The fourth-order valence-electron chi connectivity index (χ4n) is 8.71. The lowest BCUT2D eigenvalue weighted by Crippen LogP contribution is -2.57. The summed E-state index contributed by atoms with van der Waals surface area (Å²) in [7, 11) is 0. The summed E-state index contributed by atoms with van der Waals surface area (Å²) < 4.78 is 2.20. The van der Waals surface area contributed by atoms with Gasteiger partial charge in [0.2, 0.25) is 11.8 Å². The van der Waals surface area contributed by atoms with Gasteiger partial charge in [-0.25, -0.2) is 0 Å². The molecule has 0 unspecified atom stereocenters. The normalized spacial score (nSPS) is 28.4. The van der Waals surface area contributed by atoms with Gasteiger partial charge >= 0.3 is 0 Å². The first-order valence-electron chi connectivity index (χ1n) is 14.8. The van der Waals surface area contributed by atoms with Crippen LogP contribution in [-0.4, -0.2) is 33.9 Å². The molecule has 2 amide bonds. The van der Waals surface area contributed by atoms with Gasteiger partial charge < -0.3 is 9.47 Å². The molecule has 5 heteroatoms. The maximum Gasteiger partial charge on any atom is 0.247 e. The number of nitrogens with zero attached hydrogens (tertiary/aromatic N) is 3. The molecule has 0 radical (unpaired) electrons. The van der Waals surface area contributed by atoms with Gasteiger partial charge in [-0.15, -0.1) is 0 Å². The minimum absolute atomic E-state index is 0.0211. The Balaban J connectivity index is 1.26. The number of aromatic nitrogens is 1. The number of anilines is 1. The van der Waals surface area contributed by atoms with E-state index >= 15 is 0 Å². The molecule has 0 N–H and O–H groups in total. The predicted molar refractivity (Wildman–Crippen MR) is 154 cm³/mol. The Hall–Kier alpha value is -3.34. The van der Waals surface area contributed by atoms with E-state index in [0.717, 1.165) is 41.9 Å². The summed E-state index contributed by atoms with van der Waals surface area (Å²) in [6.45, 7) is 6.33. The highest BCUT2D eigenvalue weighted by atomic mass is 16.2. The van der Waals surface area contributed by atoms with Crippen LogP contribution in [0.15, 0.2) is 66.9 Å². The molecule has 5 nitrogen and oxygen atoms in total. The standard InChI is InChI=1S/C34H39N3O2/c1-22(2)36(33(39)34-18-24-15-25(19-34)17-26(16-24)20-34)21-31(38)37-29-8-5-4-7-28(29)35-14-6-9-30(35)32(37)27-12-10-23(3)11-13-27/h4-14,22,24-26,32H,15-21H2,1-3H3/t24?,25?,26?,32-,34?/m1/s1. The predicted octanol–water partition coefficient (Wildman–Crippen LogP) is 6.68. The fraction of sp³-hybridized carbons (Fsp3) is 0.471. The molecule has 8 rings (SSSR count). The van der Waals surface area contributed by atoms with E-state index in [4.69, 9.17) is 0 Å². The second-order valence-electron chi connectivity index (χ2n) is 13.1. The number of para-hydroxylation sites is 2. The summed E-state index contributed by atoms with van der Waals surface area (Å²) in [6, 6.07) is 20.5. The Labute approximate surface area is 231 Å². The maximum absolute atomic E-state index is 14.5. The van der Waals surface area contributed by atoms with Gasteiger partial charge in [-0.3, -0.25) is 14.5 Å². The third-order valence-electron chi connectivity index (χ3n) is 10.1. The van der Waals surface area contributed by atoms with E-state index < -0.39 is 0 Å². The molecular formula is C34H39N3O2. The Morgan fingerprint density at radius 1 is 0.872 bits per heavy atom. The fourth-order valence-corrected chi connectivity index (χ4v) is 8.71. The maximum atomic E-state index is 14.5. The monoisotopic (exact) mass is 521 g/mol. The second-order valence-corrected chi connectivity index (χ2v) is 13.1. The van der Waals surface area contributed by atoms with Crippen molar-refractivity contribution >= 4 is 17.5 Å². The third kappa shape index (κ3) is 3.96. The molecular weight excluding hydrogens is 482 g/mol. The lowest BCUT2D eigenvalue weighted by atomic mass is 9.49. The number of carbonyl (C=O) groups is 2. The first kappa shape index (κ1) is 24.7. The summed E-state index contributed by atoms with van der Waals surface area (Å²) in [4.78, 5) is 32.8. The highest BCUT2D eigenvalue weighted by molar-refractivity contribution is 6.01. The molecule has 4 fully saturated rings. The van der Waals surface area contributed by atoms with Crippen LogP contribution in [0.1, 0.15) is 75.2 Å². The molecule has 2 heterocycles. The number of hydrogen-bond acceptors (Lipinski definition) is 2. The van der Waals surface area contributed by atoms with Gasteiger partial charge in [-0.2, -0.15) is 0 Å². The lowest BCUT2D eigenvalue weighted by Gasteiger charge is -2.57. The zero-order chi connectivity index (χ0) is 26.9. The van der Waals surface area contributed by atoms with E-state index in [1.54, 1.807) is 0 Å². The smallest absolute Gasteiger partial charge is 0.247 e. The van der Waals surface area contributed by atoms with Crippen LogP contribution in [0.4, 0.5) is 5.69 Å². The lowest BCUT2D eigenvalue weighted by molar-refractivity contribution is -0.160. The third-order valence-corrected chi connectivity index (χ3v) is 10.1. The van der Waals surface area contributed by atoms with E-state index in [-0.39, 0.29) is 35.9 Å². The Kier molecular flexibility index (Phi) is 5.76. The average Bonchev–Trinajstić information content (AvgIpc) is 3.40. The zero-order valence-electron chi connectivity index (χ0n) is 23.3. The highest BCUT2D eigenvalue weighted by Gasteiger charge is 2.56. The SMILES string of the molecule is Cc1ccc([C@@H]2c3cccn3-c3ccccc3N2C(=O)CN(C(=O)C23CC4CC(CC(C4)C2)C3)C(C)C)cc1. The minimum atomic E-state index is -0.260. The van der Waals surface area contributed by atoms with Crippen molar-refractivity contribution in [3.8, 4) is 5.69 Å². The number of rotatable bonds is 5. The van der Waals surface area contributed by atoms with Gasteiger partial charge in [0.05, 0.1) is 22.5 Å². The average molecular weight is 522 g/mol. The molecule has 3 aromatic rings. The van der Waals surface area contributed by atoms with Crippen LogP contribution in [0.25, 0.3) is 5.69 Å². The number of aryl methyl sites for hydroxylation is 1. The molecule has 5 aliphatic rings. The molecule has 4 aliphatic carbocycles. The van der Waals surface area contributed by atoms with Crippen LogP contribution < -0.4 is 4.90 Å². The van der Waals surface area contributed by atoms with Crippen molar-refractivity contribution in [2.24, 2.45) is 23.2 Å². The van der Waals surface area contributed by atoms with Gasteiger partial charge in [0, 0.05) is 12.2 Å². The van der Waals surface area contributed by atoms with Crippen molar-refractivity contribution < 1.29 is 9.59 Å². The molecule has 1 aromatic heterocycles. The van der Waals surface area contributed by atoms with E-state index in [1.807, 2.05) is 28.0 Å². The van der Waals surface area contributed by atoms with Gasteiger partial charge in [0.25, 0.3) is 0 Å². The zero-order valence-corrected chi connectivity index (χ0v) is 23.3. The molecule has 0 saturated heterocycles. The summed E-state index contributed by atoms with van der Waals surface area (Å²) >= 11 is 0. The minimum Gasteiger partial charge on any atom is -0.330 e. The largest absolute Gasteiger partial charge is 0.330 e. The first-order chi connectivity index (χ1) is 18.8. The molecule has 0 spiro atoms. The van der Waals surface area contributed by atoms with E-state index in [0.29, 0.717) is 17.8 Å². The quantitative estimate of drug-likeness (QED) is 0.376. The van der Waals surface area contributed by atoms with Crippen molar-refractivity contribution in [3.05, 3.63) is 83.7 Å². The Morgan fingerprint density at radius 2 is 1.49 bits per heavy atom. The summed E-state index contributed by atoms with van der Waals surface area (Å²) in [6.07, 6.45) is 9.03. The number of benzene rings is 2.